The second-order valence-corrected chi connectivity index (χ2v) is 3.97. The molecule has 94 valence electrons. The Morgan fingerprint density at radius 3 is 3.06 bits per heavy atom. The van der Waals surface area contributed by atoms with Crippen LogP contribution < -0.4 is 10.9 Å². The van der Waals surface area contributed by atoms with Crippen LogP contribution in [0.25, 0.3) is 0 Å². The predicted octanol–water partition coefficient (Wildman–Crippen LogP) is 1.27. The molecule has 17 heavy (non-hydrogen) atoms. The first-order chi connectivity index (χ1) is 8.10. The van der Waals surface area contributed by atoms with E-state index in [1.165, 1.54) is 10.9 Å². The minimum absolute atomic E-state index is 0.0742. The zero-order chi connectivity index (χ0) is 12.8. The van der Waals surface area contributed by atoms with Crippen LogP contribution >= 0.6 is 11.6 Å². The highest BCUT2D eigenvalue weighted by atomic mass is 35.5. The predicted molar refractivity (Wildman–Crippen MR) is 68.5 cm³/mol. The van der Waals surface area contributed by atoms with Crippen molar-refractivity contribution in [3.63, 3.8) is 0 Å². The lowest BCUT2D eigenvalue weighted by Crippen LogP contribution is -2.25. The third-order valence-corrected chi connectivity index (χ3v) is 2.65. The maximum absolute atomic E-state index is 11.7. The van der Waals surface area contributed by atoms with Crippen LogP contribution in [0.1, 0.15) is 13.3 Å². The minimum Gasteiger partial charge on any atom is -0.391 e. The van der Waals surface area contributed by atoms with Crippen LogP contribution in [0.3, 0.4) is 0 Å². The van der Waals surface area contributed by atoms with Gasteiger partial charge in [0.05, 0.1) is 24.5 Å². The number of hydrogen-bond donors (Lipinski definition) is 2. The van der Waals surface area contributed by atoms with Gasteiger partial charge in [0, 0.05) is 6.54 Å². The van der Waals surface area contributed by atoms with Crippen molar-refractivity contribution in [2.24, 2.45) is 0 Å². The molecule has 1 rings (SSSR count). The van der Waals surface area contributed by atoms with E-state index in [1.807, 2.05) is 6.92 Å². The molecule has 0 aliphatic carbocycles. The summed E-state index contributed by atoms with van der Waals surface area (Å²) in [6, 6.07) is 0. The molecule has 1 aromatic rings. The number of aliphatic hydroxyl groups excluding tert-OH is 1. The Labute approximate surface area is 105 Å². The average Bonchev–Trinajstić information content (AvgIpc) is 2.34. The number of nitrogens with one attached hydrogen (secondary N) is 1. The Balaban J connectivity index is 2.85. The Morgan fingerprint density at radius 2 is 2.47 bits per heavy atom. The summed E-state index contributed by atoms with van der Waals surface area (Å²) >= 11 is 5.91. The van der Waals surface area contributed by atoms with Gasteiger partial charge in [-0.05, 0) is 6.42 Å². The molecule has 2 N–H and O–H groups in total. The Bertz CT molecular complexity index is 445. The summed E-state index contributed by atoms with van der Waals surface area (Å²) in [6.07, 6.45) is 3.20. The van der Waals surface area contributed by atoms with Crippen molar-refractivity contribution in [3.8, 4) is 0 Å². The molecule has 0 aliphatic rings. The van der Waals surface area contributed by atoms with Crippen molar-refractivity contribution in [3.05, 3.63) is 34.2 Å². The molecule has 0 amide bonds. The van der Waals surface area contributed by atoms with Crippen LogP contribution in [0.4, 0.5) is 5.69 Å². The number of aromatic nitrogens is 2. The van der Waals surface area contributed by atoms with E-state index in [2.05, 4.69) is 17.0 Å². The standard InChI is InChI=1S/C11H16ClN3O2/c1-3-5-15-11(17)10(12)9(7-14-15)13-6-8(16)4-2/h3,7-8,13,16H,1,4-6H2,2H3. The molecule has 0 aromatic carbocycles. The smallest absolute Gasteiger partial charge is 0.287 e. The molecule has 0 fully saturated rings. The highest BCUT2D eigenvalue weighted by Crippen LogP contribution is 2.15. The molecular formula is C11H16ClN3O2. The molecule has 0 saturated carbocycles. The van der Waals surface area contributed by atoms with Gasteiger partial charge in [0.2, 0.25) is 0 Å². The van der Waals surface area contributed by atoms with Crippen LogP contribution in [0, 0.1) is 0 Å². The Kier molecular flexibility index (Phi) is 5.18. The van der Waals surface area contributed by atoms with Gasteiger partial charge < -0.3 is 10.4 Å². The first-order valence-corrected chi connectivity index (χ1v) is 5.76. The minimum atomic E-state index is -0.471. The monoisotopic (exact) mass is 257 g/mol. The van der Waals surface area contributed by atoms with E-state index in [4.69, 9.17) is 11.6 Å². The SMILES string of the molecule is C=CCn1ncc(NCC(O)CC)c(Cl)c1=O. The molecule has 5 nitrogen and oxygen atoms in total. The molecule has 6 heteroatoms. The van der Waals surface area contributed by atoms with E-state index >= 15 is 0 Å². The average molecular weight is 258 g/mol. The fraction of sp³-hybridized carbons (Fsp3) is 0.455. The van der Waals surface area contributed by atoms with Crippen molar-refractivity contribution >= 4 is 17.3 Å². The van der Waals surface area contributed by atoms with Crippen molar-refractivity contribution in [1.29, 1.82) is 0 Å². The highest BCUT2D eigenvalue weighted by Gasteiger charge is 2.09. The van der Waals surface area contributed by atoms with Crippen molar-refractivity contribution in [2.45, 2.75) is 26.0 Å². The van der Waals surface area contributed by atoms with Gasteiger partial charge >= 0.3 is 0 Å². The highest BCUT2D eigenvalue weighted by molar-refractivity contribution is 6.32. The number of rotatable bonds is 6. The molecule has 1 atom stereocenters. The van der Waals surface area contributed by atoms with Crippen LogP contribution in [0.5, 0.6) is 0 Å². The van der Waals surface area contributed by atoms with E-state index in [-0.39, 0.29) is 10.6 Å². The maximum atomic E-state index is 11.7. The number of aliphatic hydroxyl groups is 1. The summed E-state index contributed by atoms with van der Waals surface area (Å²) in [5.74, 6) is 0. The van der Waals surface area contributed by atoms with Gasteiger partial charge in [0.1, 0.15) is 5.02 Å². The van der Waals surface area contributed by atoms with Crippen LogP contribution in [0.15, 0.2) is 23.6 Å². The van der Waals surface area contributed by atoms with Gasteiger partial charge in [-0.25, -0.2) is 4.68 Å². The van der Waals surface area contributed by atoms with E-state index in [1.54, 1.807) is 6.08 Å². The van der Waals surface area contributed by atoms with Crippen LogP contribution in [-0.2, 0) is 6.54 Å². The van der Waals surface area contributed by atoms with E-state index in [9.17, 15) is 9.90 Å². The molecule has 0 saturated heterocycles. The third-order valence-electron chi connectivity index (χ3n) is 2.29. The second kappa shape index (κ2) is 6.42. The topological polar surface area (TPSA) is 67.2 Å². The number of anilines is 1. The van der Waals surface area contributed by atoms with Crippen LogP contribution in [-0.4, -0.2) is 27.5 Å². The molecule has 0 bridgehead atoms. The zero-order valence-corrected chi connectivity index (χ0v) is 10.4. The Hall–Kier alpha value is -1.33. The first kappa shape index (κ1) is 13.7. The molecule has 1 aromatic heterocycles. The third kappa shape index (κ3) is 3.57. The lowest BCUT2D eigenvalue weighted by atomic mass is 10.3. The normalized spacial score (nSPS) is 12.2. The van der Waals surface area contributed by atoms with Gasteiger partial charge in [-0.15, -0.1) is 6.58 Å². The summed E-state index contributed by atoms with van der Waals surface area (Å²) in [5, 5.41) is 16.3. The lowest BCUT2D eigenvalue weighted by molar-refractivity contribution is 0.183. The zero-order valence-electron chi connectivity index (χ0n) is 9.69. The summed E-state index contributed by atoms with van der Waals surface area (Å²) in [5.41, 5.74) is 0.0621. The number of nitrogens with zero attached hydrogens (tertiary/aromatic N) is 2. The van der Waals surface area contributed by atoms with Gasteiger partial charge in [-0.1, -0.05) is 24.6 Å². The summed E-state index contributed by atoms with van der Waals surface area (Å²) in [7, 11) is 0. The summed E-state index contributed by atoms with van der Waals surface area (Å²) in [6.45, 7) is 6.05. The molecule has 0 aliphatic heterocycles. The van der Waals surface area contributed by atoms with E-state index in [0.29, 0.717) is 25.2 Å². The van der Waals surface area contributed by atoms with Gasteiger partial charge in [-0.2, -0.15) is 5.10 Å². The van der Waals surface area contributed by atoms with Crippen molar-refractivity contribution in [2.75, 3.05) is 11.9 Å². The largest absolute Gasteiger partial charge is 0.391 e. The van der Waals surface area contributed by atoms with Crippen molar-refractivity contribution in [1.82, 2.24) is 9.78 Å². The quantitative estimate of drug-likeness (QED) is 0.753. The number of allylic oxidation sites excluding steroid dienone is 1. The fourth-order valence-electron chi connectivity index (χ4n) is 1.21. The fourth-order valence-corrected chi connectivity index (χ4v) is 1.43. The molecule has 0 spiro atoms. The maximum Gasteiger partial charge on any atom is 0.287 e. The van der Waals surface area contributed by atoms with Crippen molar-refractivity contribution < 1.29 is 5.11 Å². The summed E-state index contributed by atoms with van der Waals surface area (Å²) in [4.78, 5) is 11.7. The number of hydrogen-bond acceptors (Lipinski definition) is 4. The molecule has 0 radical (unpaired) electrons. The molecule has 1 heterocycles. The van der Waals surface area contributed by atoms with Crippen LogP contribution in [0.2, 0.25) is 5.02 Å². The molecule has 1 unspecified atom stereocenters. The van der Waals surface area contributed by atoms with Gasteiger partial charge in [0.15, 0.2) is 0 Å². The van der Waals surface area contributed by atoms with E-state index < -0.39 is 6.10 Å². The van der Waals surface area contributed by atoms with E-state index in [0.717, 1.165) is 0 Å². The number of halogens is 1. The Morgan fingerprint density at radius 1 is 1.76 bits per heavy atom. The van der Waals surface area contributed by atoms with Gasteiger partial charge in [0.25, 0.3) is 5.56 Å². The molecular weight excluding hydrogens is 242 g/mol. The summed E-state index contributed by atoms with van der Waals surface area (Å²) < 4.78 is 1.22. The van der Waals surface area contributed by atoms with Gasteiger partial charge in [-0.3, -0.25) is 4.79 Å². The first-order valence-electron chi connectivity index (χ1n) is 5.38. The second-order valence-electron chi connectivity index (χ2n) is 3.59. The lowest BCUT2D eigenvalue weighted by Gasteiger charge is -2.12.